The fraction of sp³-hybridized carbons (Fsp3) is 0.571. The van der Waals surface area contributed by atoms with Crippen LogP contribution in [0.15, 0.2) is 17.5 Å². The van der Waals surface area contributed by atoms with Crippen LogP contribution in [0.5, 0.6) is 0 Å². The van der Waals surface area contributed by atoms with E-state index >= 15 is 0 Å². The SMILES string of the molecule is CC(NCc1cccs1)c1nnc2n1CCCCC2.Cl. The Balaban J connectivity index is 0.00000147. The largest absolute Gasteiger partial charge is 0.314 e. The van der Waals surface area contributed by atoms with Crippen LogP contribution < -0.4 is 5.32 Å². The molecular formula is C14H21ClN4S. The van der Waals surface area contributed by atoms with E-state index in [4.69, 9.17) is 0 Å². The van der Waals surface area contributed by atoms with Gasteiger partial charge in [0, 0.05) is 24.4 Å². The van der Waals surface area contributed by atoms with Crippen molar-refractivity contribution in [2.45, 2.75) is 51.7 Å². The Kier molecular flexibility index (Phi) is 5.57. The molecule has 0 aromatic carbocycles. The van der Waals surface area contributed by atoms with E-state index in [1.54, 1.807) is 11.3 Å². The summed E-state index contributed by atoms with van der Waals surface area (Å²) >= 11 is 1.79. The van der Waals surface area contributed by atoms with Crippen molar-refractivity contribution >= 4 is 23.7 Å². The van der Waals surface area contributed by atoms with Gasteiger partial charge in [-0.2, -0.15) is 0 Å². The van der Waals surface area contributed by atoms with Crippen LogP contribution in [-0.4, -0.2) is 14.8 Å². The zero-order valence-corrected chi connectivity index (χ0v) is 13.3. The van der Waals surface area contributed by atoms with Gasteiger partial charge >= 0.3 is 0 Å². The lowest BCUT2D eigenvalue weighted by Crippen LogP contribution is -2.22. The van der Waals surface area contributed by atoms with Gasteiger partial charge in [0.25, 0.3) is 0 Å². The molecule has 0 aliphatic carbocycles. The quantitative estimate of drug-likeness (QED) is 0.941. The fourth-order valence-electron chi connectivity index (χ4n) is 2.59. The summed E-state index contributed by atoms with van der Waals surface area (Å²) in [4.78, 5) is 1.36. The highest BCUT2D eigenvalue weighted by atomic mass is 35.5. The second kappa shape index (κ2) is 7.20. The average Bonchev–Trinajstić information content (AvgIpc) is 3.02. The van der Waals surface area contributed by atoms with Gasteiger partial charge in [0.05, 0.1) is 6.04 Å². The van der Waals surface area contributed by atoms with Gasteiger partial charge in [-0.05, 0) is 31.2 Å². The average molecular weight is 313 g/mol. The van der Waals surface area contributed by atoms with Crippen molar-refractivity contribution in [3.63, 3.8) is 0 Å². The number of nitrogens with one attached hydrogen (secondary N) is 1. The highest BCUT2D eigenvalue weighted by Crippen LogP contribution is 2.19. The van der Waals surface area contributed by atoms with Crippen LogP contribution in [0.2, 0.25) is 0 Å². The second-order valence-electron chi connectivity index (χ2n) is 5.12. The lowest BCUT2D eigenvalue weighted by Gasteiger charge is -2.14. The molecule has 0 spiro atoms. The Morgan fingerprint density at radius 2 is 2.25 bits per heavy atom. The first-order chi connectivity index (χ1) is 9.34. The number of hydrogen-bond donors (Lipinski definition) is 1. The number of nitrogens with zero attached hydrogens (tertiary/aromatic N) is 3. The highest BCUT2D eigenvalue weighted by Gasteiger charge is 2.18. The van der Waals surface area contributed by atoms with E-state index in [1.165, 1.54) is 24.1 Å². The first-order valence-corrected chi connectivity index (χ1v) is 7.90. The summed E-state index contributed by atoms with van der Waals surface area (Å²) in [6.07, 6.45) is 4.87. The van der Waals surface area contributed by atoms with E-state index in [9.17, 15) is 0 Å². The summed E-state index contributed by atoms with van der Waals surface area (Å²) in [7, 11) is 0. The lowest BCUT2D eigenvalue weighted by molar-refractivity contribution is 0.504. The van der Waals surface area contributed by atoms with Gasteiger partial charge in [0.15, 0.2) is 0 Å². The van der Waals surface area contributed by atoms with E-state index in [0.717, 1.165) is 31.2 Å². The normalized spacial score (nSPS) is 16.1. The van der Waals surface area contributed by atoms with Crippen molar-refractivity contribution in [2.24, 2.45) is 0 Å². The molecule has 1 atom stereocenters. The molecule has 3 rings (SSSR count). The molecule has 110 valence electrons. The second-order valence-corrected chi connectivity index (χ2v) is 6.15. The van der Waals surface area contributed by atoms with Gasteiger partial charge in [-0.1, -0.05) is 12.5 Å². The molecule has 0 bridgehead atoms. The zero-order valence-electron chi connectivity index (χ0n) is 11.7. The number of halogens is 1. The molecule has 6 heteroatoms. The summed E-state index contributed by atoms with van der Waals surface area (Å²) in [5.74, 6) is 2.26. The first kappa shape index (κ1) is 15.5. The van der Waals surface area contributed by atoms with E-state index in [1.807, 2.05) is 0 Å². The maximum absolute atomic E-state index is 4.39. The molecule has 2 aromatic heterocycles. The van der Waals surface area contributed by atoms with Crippen LogP contribution in [-0.2, 0) is 19.5 Å². The van der Waals surface area contributed by atoms with Gasteiger partial charge in [0.1, 0.15) is 11.6 Å². The van der Waals surface area contributed by atoms with Crippen LogP contribution in [0.1, 0.15) is 48.8 Å². The predicted octanol–water partition coefficient (Wildman–Crippen LogP) is 3.34. The third-order valence-electron chi connectivity index (χ3n) is 3.69. The minimum absolute atomic E-state index is 0. The standard InChI is InChI=1S/C14H20N4S.ClH/c1-11(15-10-12-6-5-9-19-12)14-17-16-13-7-3-2-4-8-18(13)14;/h5-6,9,11,15H,2-4,7-8,10H2,1H3;1H. The number of hydrogen-bond acceptors (Lipinski definition) is 4. The Labute approximate surface area is 130 Å². The summed E-state index contributed by atoms with van der Waals surface area (Å²) in [6, 6.07) is 4.51. The maximum Gasteiger partial charge on any atom is 0.149 e. The van der Waals surface area contributed by atoms with Gasteiger partial charge in [0.2, 0.25) is 0 Å². The monoisotopic (exact) mass is 312 g/mol. The number of aromatic nitrogens is 3. The molecule has 0 saturated heterocycles. The Morgan fingerprint density at radius 3 is 3.05 bits per heavy atom. The van der Waals surface area contributed by atoms with E-state index < -0.39 is 0 Å². The van der Waals surface area contributed by atoms with E-state index in [2.05, 4.69) is 44.5 Å². The van der Waals surface area contributed by atoms with Gasteiger partial charge < -0.3 is 9.88 Å². The summed E-state index contributed by atoms with van der Waals surface area (Å²) in [5, 5.41) is 14.4. The minimum Gasteiger partial charge on any atom is -0.314 e. The molecule has 4 nitrogen and oxygen atoms in total. The number of thiophene rings is 1. The van der Waals surface area contributed by atoms with Gasteiger partial charge in [-0.3, -0.25) is 0 Å². The van der Waals surface area contributed by atoms with Crippen LogP contribution >= 0.6 is 23.7 Å². The van der Waals surface area contributed by atoms with E-state index in [0.29, 0.717) is 0 Å². The van der Waals surface area contributed by atoms with Crippen molar-refractivity contribution in [1.29, 1.82) is 0 Å². The molecule has 3 heterocycles. The summed E-state index contributed by atoms with van der Waals surface area (Å²) < 4.78 is 2.32. The Bertz CT molecular complexity index is 523. The first-order valence-electron chi connectivity index (χ1n) is 7.02. The van der Waals surface area contributed by atoms with Gasteiger partial charge in [-0.25, -0.2) is 0 Å². The molecule has 1 aliphatic rings. The van der Waals surface area contributed by atoms with Crippen LogP contribution in [0.4, 0.5) is 0 Å². The Morgan fingerprint density at radius 1 is 1.35 bits per heavy atom. The van der Waals surface area contributed by atoms with Crippen molar-refractivity contribution in [2.75, 3.05) is 0 Å². The topological polar surface area (TPSA) is 42.7 Å². The number of fused-ring (bicyclic) bond motifs is 1. The van der Waals surface area contributed by atoms with Crippen molar-refractivity contribution in [1.82, 2.24) is 20.1 Å². The summed E-state index contributed by atoms with van der Waals surface area (Å²) in [6.45, 7) is 4.15. The predicted molar refractivity (Wildman–Crippen MR) is 84.4 cm³/mol. The van der Waals surface area contributed by atoms with Crippen molar-refractivity contribution < 1.29 is 0 Å². The maximum atomic E-state index is 4.39. The lowest BCUT2D eigenvalue weighted by atomic mass is 10.2. The van der Waals surface area contributed by atoms with Gasteiger partial charge in [-0.15, -0.1) is 33.9 Å². The third-order valence-corrected chi connectivity index (χ3v) is 4.56. The molecule has 2 aromatic rings. The molecule has 20 heavy (non-hydrogen) atoms. The van der Waals surface area contributed by atoms with Crippen molar-refractivity contribution in [3.8, 4) is 0 Å². The third kappa shape index (κ3) is 3.40. The number of rotatable bonds is 4. The highest BCUT2D eigenvalue weighted by molar-refractivity contribution is 7.09. The minimum atomic E-state index is 0. The molecule has 0 saturated carbocycles. The Hall–Kier alpha value is -0.910. The van der Waals surface area contributed by atoms with Crippen LogP contribution in [0.25, 0.3) is 0 Å². The smallest absolute Gasteiger partial charge is 0.149 e. The molecule has 0 amide bonds. The van der Waals surface area contributed by atoms with Crippen LogP contribution in [0, 0.1) is 0 Å². The molecule has 0 radical (unpaired) electrons. The van der Waals surface area contributed by atoms with E-state index in [-0.39, 0.29) is 18.4 Å². The van der Waals surface area contributed by atoms with Crippen LogP contribution in [0.3, 0.4) is 0 Å². The zero-order chi connectivity index (χ0) is 13.1. The molecule has 1 aliphatic heterocycles. The molecular weight excluding hydrogens is 292 g/mol. The fourth-order valence-corrected chi connectivity index (χ4v) is 3.24. The number of aryl methyl sites for hydroxylation is 1. The molecule has 1 N–H and O–H groups in total. The summed E-state index contributed by atoms with van der Waals surface area (Å²) in [5.41, 5.74) is 0. The van der Waals surface area contributed by atoms with Crippen molar-refractivity contribution in [3.05, 3.63) is 34.0 Å². The molecule has 0 fully saturated rings. The molecule has 1 unspecified atom stereocenters.